The lowest BCUT2D eigenvalue weighted by molar-refractivity contribution is 0.949. The molecule has 28 heavy (non-hydrogen) atoms. The molecule has 2 aromatic carbocycles. The molecule has 6 heteroatoms. The van der Waals surface area contributed by atoms with Gasteiger partial charge < -0.3 is 15.5 Å². The first kappa shape index (κ1) is 18.6. The van der Waals surface area contributed by atoms with E-state index in [4.69, 9.17) is 11.6 Å². The third-order valence-corrected chi connectivity index (χ3v) is 5.13. The van der Waals surface area contributed by atoms with Gasteiger partial charge >= 0.3 is 0 Å². The fourth-order valence-corrected chi connectivity index (χ4v) is 3.49. The number of anilines is 4. The Bertz CT molecular complexity index is 890. The molecule has 3 aromatic rings. The number of aromatic nitrogens is 2. The first-order valence-corrected chi connectivity index (χ1v) is 10.1. The zero-order valence-electron chi connectivity index (χ0n) is 15.7. The SMILES string of the molecule is Clc1ccc(CCNc2nccc(Nc3ccc(N4CCCC4)cc3)n2)cc1. The van der Waals surface area contributed by atoms with Crippen LogP contribution in [0.15, 0.2) is 60.8 Å². The van der Waals surface area contributed by atoms with Crippen molar-refractivity contribution >= 4 is 34.7 Å². The molecule has 0 radical (unpaired) electrons. The standard InChI is InChI=1S/C22H24ClN5/c23-18-5-3-17(4-6-18)11-13-24-22-25-14-12-21(27-22)26-19-7-9-20(10-8-19)28-15-1-2-16-28/h3-10,12,14H,1-2,11,13,15-16H2,(H2,24,25,26,27). The van der Waals surface area contributed by atoms with Crippen LogP contribution in [0.25, 0.3) is 0 Å². The van der Waals surface area contributed by atoms with Crippen molar-refractivity contribution in [2.75, 3.05) is 35.2 Å². The van der Waals surface area contributed by atoms with Crippen LogP contribution < -0.4 is 15.5 Å². The summed E-state index contributed by atoms with van der Waals surface area (Å²) in [4.78, 5) is 11.3. The average Bonchev–Trinajstić information content (AvgIpc) is 3.25. The molecule has 5 nitrogen and oxygen atoms in total. The zero-order chi connectivity index (χ0) is 19.2. The molecule has 4 rings (SSSR count). The van der Waals surface area contributed by atoms with Gasteiger partial charge in [0.05, 0.1) is 0 Å². The van der Waals surface area contributed by atoms with Gasteiger partial charge in [0.25, 0.3) is 0 Å². The Labute approximate surface area is 170 Å². The Morgan fingerprint density at radius 2 is 1.68 bits per heavy atom. The van der Waals surface area contributed by atoms with Gasteiger partial charge in [-0.25, -0.2) is 4.98 Å². The second-order valence-corrected chi connectivity index (χ2v) is 7.37. The molecule has 0 saturated carbocycles. The molecule has 0 unspecified atom stereocenters. The summed E-state index contributed by atoms with van der Waals surface area (Å²) in [7, 11) is 0. The Morgan fingerprint density at radius 1 is 0.929 bits per heavy atom. The molecule has 0 aliphatic carbocycles. The Morgan fingerprint density at radius 3 is 2.43 bits per heavy atom. The van der Waals surface area contributed by atoms with Gasteiger partial charge in [-0.05, 0) is 67.3 Å². The highest BCUT2D eigenvalue weighted by atomic mass is 35.5. The molecule has 0 amide bonds. The molecule has 2 heterocycles. The van der Waals surface area contributed by atoms with Gasteiger partial charge in [-0.15, -0.1) is 0 Å². The summed E-state index contributed by atoms with van der Waals surface area (Å²) in [6.07, 6.45) is 5.22. The van der Waals surface area contributed by atoms with Crippen molar-refractivity contribution in [2.45, 2.75) is 19.3 Å². The minimum atomic E-state index is 0.618. The third kappa shape index (κ3) is 4.93. The summed E-state index contributed by atoms with van der Waals surface area (Å²) in [6.45, 7) is 3.07. The van der Waals surface area contributed by atoms with Crippen LogP contribution in [0.3, 0.4) is 0 Å². The summed E-state index contributed by atoms with van der Waals surface area (Å²) in [5.74, 6) is 1.39. The van der Waals surface area contributed by atoms with E-state index < -0.39 is 0 Å². The van der Waals surface area contributed by atoms with Crippen LogP contribution in [0.5, 0.6) is 0 Å². The van der Waals surface area contributed by atoms with Gasteiger partial charge in [-0.1, -0.05) is 23.7 Å². The van der Waals surface area contributed by atoms with Gasteiger partial charge in [-0.3, -0.25) is 0 Å². The van der Waals surface area contributed by atoms with Crippen LogP contribution in [-0.4, -0.2) is 29.6 Å². The summed E-state index contributed by atoms with van der Waals surface area (Å²) < 4.78 is 0. The molecule has 1 aliphatic rings. The monoisotopic (exact) mass is 393 g/mol. The lowest BCUT2D eigenvalue weighted by Gasteiger charge is -2.18. The summed E-state index contributed by atoms with van der Waals surface area (Å²) in [6, 6.07) is 18.3. The second-order valence-electron chi connectivity index (χ2n) is 6.93. The van der Waals surface area contributed by atoms with Gasteiger partial charge in [0.1, 0.15) is 5.82 Å². The van der Waals surface area contributed by atoms with Crippen LogP contribution in [0.1, 0.15) is 18.4 Å². The largest absolute Gasteiger partial charge is 0.372 e. The van der Waals surface area contributed by atoms with Crippen molar-refractivity contribution in [2.24, 2.45) is 0 Å². The van der Waals surface area contributed by atoms with E-state index in [1.54, 1.807) is 6.20 Å². The van der Waals surface area contributed by atoms with Gasteiger partial charge in [-0.2, -0.15) is 4.98 Å². The maximum absolute atomic E-state index is 5.92. The first-order valence-electron chi connectivity index (χ1n) is 9.70. The Hall–Kier alpha value is -2.79. The maximum Gasteiger partial charge on any atom is 0.224 e. The van der Waals surface area contributed by atoms with E-state index in [2.05, 4.69) is 49.8 Å². The first-order chi connectivity index (χ1) is 13.8. The number of benzene rings is 2. The van der Waals surface area contributed by atoms with E-state index in [-0.39, 0.29) is 0 Å². The van der Waals surface area contributed by atoms with Crippen LogP contribution in [0.2, 0.25) is 5.02 Å². The maximum atomic E-state index is 5.92. The topological polar surface area (TPSA) is 53.1 Å². The van der Waals surface area contributed by atoms with E-state index in [0.717, 1.165) is 42.6 Å². The minimum absolute atomic E-state index is 0.618. The van der Waals surface area contributed by atoms with Crippen molar-refractivity contribution < 1.29 is 0 Å². The fraction of sp³-hybridized carbons (Fsp3) is 0.273. The molecule has 144 valence electrons. The molecule has 0 bridgehead atoms. The van der Waals surface area contributed by atoms with Crippen LogP contribution >= 0.6 is 11.6 Å². The van der Waals surface area contributed by atoms with Crippen molar-refractivity contribution in [3.05, 3.63) is 71.4 Å². The molecular weight excluding hydrogens is 370 g/mol. The minimum Gasteiger partial charge on any atom is -0.372 e. The molecule has 1 aliphatic heterocycles. The number of rotatable bonds is 7. The summed E-state index contributed by atoms with van der Waals surface area (Å²) >= 11 is 5.92. The third-order valence-electron chi connectivity index (χ3n) is 4.88. The van der Waals surface area contributed by atoms with Gasteiger partial charge in [0, 0.05) is 42.2 Å². The van der Waals surface area contributed by atoms with Crippen LogP contribution in [-0.2, 0) is 6.42 Å². The Balaban J connectivity index is 1.32. The van der Waals surface area contributed by atoms with E-state index in [1.807, 2.05) is 30.3 Å². The van der Waals surface area contributed by atoms with E-state index >= 15 is 0 Å². The molecular formula is C22H24ClN5. The van der Waals surface area contributed by atoms with Gasteiger partial charge in [0.15, 0.2) is 0 Å². The number of nitrogens with one attached hydrogen (secondary N) is 2. The van der Waals surface area contributed by atoms with Crippen LogP contribution in [0, 0.1) is 0 Å². The highest BCUT2D eigenvalue weighted by molar-refractivity contribution is 6.30. The van der Waals surface area contributed by atoms with Crippen molar-refractivity contribution in [3.63, 3.8) is 0 Å². The molecule has 2 N–H and O–H groups in total. The Kier molecular flexibility index (Phi) is 5.92. The number of hydrogen-bond donors (Lipinski definition) is 2. The van der Waals surface area contributed by atoms with E-state index in [9.17, 15) is 0 Å². The van der Waals surface area contributed by atoms with Crippen molar-refractivity contribution in [1.82, 2.24) is 9.97 Å². The second kappa shape index (κ2) is 8.93. The molecule has 1 fully saturated rings. The van der Waals surface area contributed by atoms with E-state index in [1.165, 1.54) is 24.1 Å². The average molecular weight is 394 g/mol. The summed E-state index contributed by atoms with van der Waals surface area (Å²) in [5.41, 5.74) is 3.54. The molecule has 0 atom stereocenters. The lowest BCUT2D eigenvalue weighted by Crippen LogP contribution is -2.17. The highest BCUT2D eigenvalue weighted by Crippen LogP contribution is 2.23. The van der Waals surface area contributed by atoms with Crippen LogP contribution in [0.4, 0.5) is 23.1 Å². The molecule has 1 saturated heterocycles. The van der Waals surface area contributed by atoms with Crippen molar-refractivity contribution in [1.29, 1.82) is 0 Å². The van der Waals surface area contributed by atoms with E-state index in [0.29, 0.717) is 5.95 Å². The predicted octanol–water partition coefficient (Wildman–Crippen LogP) is 5.13. The predicted molar refractivity (Wildman–Crippen MR) is 117 cm³/mol. The lowest BCUT2D eigenvalue weighted by atomic mass is 10.1. The highest BCUT2D eigenvalue weighted by Gasteiger charge is 2.11. The molecule has 0 spiro atoms. The molecule has 1 aromatic heterocycles. The smallest absolute Gasteiger partial charge is 0.224 e. The summed E-state index contributed by atoms with van der Waals surface area (Å²) in [5, 5.41) is 7.39. The quantitative estimate of drug-likeness (QED) is 0.582. The zero-order valence-corrected chi connectivity index (χ0v) is 16.5. The number of halogens is 1. The number of hydrogen-bond acceptors (Lipinski definition) is 5. The van der Waals surface area contributed by atoms with Crippen molar-refractivity contribution in [3.8, 4) is 0 Å². The normalized spacial score (nSPS) is 13.5. The van der Waals surface area contributed by atoms with Gasteiger partial charge in [0.2, 0.25) is 5.95 Å². The number of nitrogens with zero attached hydrogens (tertiary/aromatic N) is 3. The fourth-order valence-electron chi connectivity index (χ4n) is 3.36.